The summed E-state index contributed by atoms with van der Waals surface area (Å²) in [5, 5.41) is 0. The van der Waals surface area contributed by atoms with Crippen LogP contribution in [0.4, 0.5) is 0 Å². The number of esters is 1. The molecular formula is C16H23NO4. The lowest BCUT2D eigenvalue weighted by molar-refractivity contribution is -0.157. The summed E-state index contributed by atoms with van der Waals surface area (Å²) in [5.41, 5.74) is -0.619. The summed E-state index contributed by atoms with van der Waals surface area (Å²) < 4.78 is 11.4. The summed E-state index contributed by atoms with van der Waals surface area (Å²) in [6.45, 7) is 8.28. The third-order valence-corrected chi connectivity index (χ3v) is 4.88. The van der Waals surface area contributed by atoms with Crippen LogP contribution in [0.15, 0.2) is 12.2 Å². The van der Waals surface area contributed by atoms with Crippen molar-refractivity contribution in [2.75, 3.05) is 6.54 Å². The summed E-state index contributed by atoms with van der Waals surface area (Å²) >= 11 is 0. The smallest absolute Gasteiger partial charge is 0.313 e. The van der Waals surface area contributed by atoms with Crippen LogP contribution in [0.5, 0.6) is 0 Å². The molecule has 1 spiro atoms. The molecule has 0 aromatic carbocycles. The lowest BCUT2D eigenvalue weighted by Gasteiger charge is -2.26. The highest BCUT2D eigenvalue weighted by atomic mass is 16.6. The lowest BCUT2D eigenvalue weighted by atomic mass is 9.77. The predicted octanol–water partition coefficient (Wildman–Crippen LogP) is 1.52. The fraction of sp³-hybridized carbons (Fsp3) is 0.750. The first kappa shape index (κ1) is 14.6. The van der Waals surface area contributed by atoms with Crippen LogP contribution in [0.2, 0.25) is 0 Å². The van der Waals surface area contributed by atoms with E-state index in [9.17, 15) is 9.59 Å². The molecule has 2 saturated heterocycles. The number of ether oxygens (including phenoxy) is 2. The van der Waals surface area contributed by atoms with Crippen molar-refractivity contribution >= 4 is 11.9 Å². The van der Waals surface area contributed by atoms with E-state index in [4.69, 9.17) is 9.47 Å². The molecule has 2 fully saturated rings. The maximum Gasteiger partial charge on any atom is 0.313 e. The van der Waals surface area contributed by atoms with Crippen molar-refractivity contribution in [2.24, 2.45) is 11.8 Å². The zero-order valence-corrected chi connectivity index (χ0v) is 13.0. The second-order valence-corrected chi connectivity index (χ2v) is 6.61. The Labute approximate surface area is 125 Å². The molecule has 3 rings (SSSR count). The zero-order valence-electron chi connectivity index (χ0n) is 13.0. The fourth-order valence-electron chi connectivity index (χ4n) is 3.70. The molecule has 0 aromatic heterocycles. The molecule has 0 N–H and O–H groups in total. The molecule has 1 amide bonds. The topological polar surface area (TPSA) is 55.8 Å². The van der Waals surface area contributed by atoms with Crippen molar-refractivity contribution in [3.05, 3.63) is 12.2 Å². The van der Waals surface area contributed by atoms with E-state index in [2.05, 4.69) is 6.92 Å². The Balaban J connectivity index is 1.88. The van der Waals surface area contributed by atoms with Gasteiger partial charge in [-0.25, -0.2) is 0 Å². The van der Waals surface area contributed by atoms with Crippen molar-refractivity contribution in [2.45, 2.75) is 58.0 Å². The zero-order chi connectivity index (χ0) is 15.4. The Hall–Kier alpha value is -1.36. The van der Waals surface area contributed by atoms with Crippen LogP contribution in [0, 0.1) is 11.8 Å². The minimum Gasteiger partial charge on any atom is -0.463 e. The summed E-state index contributed by atoms with van der Waals surface area (Å²) in [5.74, 6) is -1.21. The molecule has 3 aliphatic heterocycles. The van der Waals surface area contributed by atoms with Gasteiger partial charge in [0.1, 0.15) is 11.5 Å². The fourth-order valence-corrected chi connectivity index (χ4v) is 3.70. The standard InChI is InChI=1S/C16H23NO4/c1-5-10(4)17-8-16-7-6-11(21-16)12(13(16)14(17)18)15(19)20-9(2)3/h6-7,9-13H,5,8H2,1-4H3/t10-,11+,12+,13-,16+/m0/s1. The summed E-state index contributed by atoms with van der Waals surface area (Å²) in [4.78, 5) is 27.0. The van der Waals surface area contributed by atoms with E-state index < -0.39 is 17.4 Å². The monoisotopic (exact) mass is 293 g/mol. The number of hydrogen-bond donors (Lipinski definition) is 0. The largest absolute Gasteiger partial charge is 0.463 e. The molecule has 116 valence electrons. The predicted molar refractivity (Wildman–Crippen MR) is 76.4 cm³/mol. The second kappa shape index (κ2) is 4.83. The number of amides is 1. The maximum absolute atomic E-state index is 12.8. The van der Waals surface area contributed by atoms with Gasteiger partial charge in [-0.2, -0.15) is 0 Å². The van der Waals surface area contributed by atoms with E-state index in [0.717, 1.165) is 6.42 Å². The summed E-state index contributed by atoms with van der Waals surface area (Å²) in [6.07, 6.45) is 4.28. The van der Waals surface area contributed by atoms with Gasteiger partial charge in [0.2, 0.25) is 5.91 Å². The molecule has 2 bridgehead atoms. The molecule has 0 unspecified atom stereocenters. The number of carbonyl (C=O) groups excluding carboxylic acids is 2. The first-order chi connectivity index (χ1) is 9.89. The number of likely N-dealkylation sites (tertiary alicyclic amines) is 1. The van der Waals surface area contributed by atoms with Gasteiger partial charge < -0.3 is 14.4 Å². The first-order valence-corrected chi connectivity index (χ1v) is 7.77. The second-order valence-electron chi connectivity index (χ2n) is 6.61. The van der Waals surface area contributed by atoms with Crippen molar-refractivity contribution in [3.8, 4) is 0 Å². The average Bonchev–Trinajstić information content (AvgIpc) is 3.05. The van der Waals surface area contributed by atoms with Crippen LogP contribution in [0.25, 0.3) is 0 Å². The molecule has 5 nitrogen and oxygen atoms in total. The van der Waals surface area contributed by atoms with Gasteiger partial charge in [-0.3, -0.25) is 9.59 Å². The number of carbonyl (C=O) groups is 2. The van der Waals surface area contributed by atoms with Gasteiger partial charge >= 0.3 is 5.97 Å². The van der Waals surface area contributed by atoms with Gasteiger partial charge in [0.15, 0.2) is 0 Å². The molecule has 0 radical (unpaired) electrons. The number of hydrogen-bond acceptors (Lipinski definition) is 4. The lowest BCUT2D eigenvalue weighted by Crippen LogP contribution is -2.41. The third kappa shape index (κ3) is 2.01. The van der Waals surface area contributed by atoms with Gasteiger partial charge in [-0.1, -0.05) is 19.1 Å². The molecule has 3 aliphatic rings. The van der Waals surface area contributed by atoms with Gasteiger partial charge in [0, 0.05) is 6.04 Å². The average molecular weight is 293 g/mol. The molecule has 21 heavy (non-hydrogen) atoms. The highest BCUT2D eigenvalue weighted by Gasteiger charge is 2.67. The Morgan fingerprint density at radius 2 is 2.24 bits per heavy atom. The Morgan fingerprint density at radius 3 is 2.86 bits per heavy atom. The Kier molecular flexibility index (Phi) is 3.35. The molecular weight excluding hydrogens is 270 g/mol. The van der Waals surface area contributed by atoms with Gasteiger partial charge in [-0.05, 0) is 27.2 Å². The third-order valence-electron chi connectivity index (χ3n) is 4.88. The van der Waals surface area contributed by atoms with E-state index in [1.54, 1.807) is 0 Å². The van der Waals surface area contributed by atoms with Gasteiger partial charge in [-0.15, -0.1) is 0 Å². The van der Waals surface area contributed by atoms with Crippen LogP contribution < -0.4 is 0 Å². The van der Waals surface area contributed by atoms with Crippen LogP contribution in [0.3, 0.4) is 0 Å². The van der Waals surface area contributed by atoms with E-state index in [1.165, 1.54) is 0 Å². The van der Waals surface area contributed by atoms with Crippen LogP contribution in [-0.4, -0.2) is 47.2 Å². The molecule has 0 aromatic rings. The van der Waals surface area contributed by atoms with Crippen molar-refractivity contribution in [3.63, 3.8) is 0 Å². The van der Waals surface area contributed by atoms with Crippen LogP contribution in [0.1, 0.15) is 34.1 Å². The Morgan fingerprint density at radius 1 is 1.52 bits per heavy atom. The maximum atomic E-state index is 12.8. The summed E-state index contributed by atoms with van der Waals surface area (Å²) in [7, 11) is 0. The van der Waals surface area contributed by atoms with Crippen LogP contribution in [-0.2, 0) is 19.1 Å². The minimum atomic E-state index is -0.619. The quantitative estimate of drug-likeness (QED) is 0.582. The van der Waals surface area contributed by atoms with E-state index in [-0.39, 0.29) is 30.1 Å². The molecule has 3 heterocycles. The molecule has 5 atom stereocenters. The van der Waals surface area contributed by atoms with E-state index >= 15 is 0 Å². The van der Waals surface area contributed by atoms with Gasteiger partial charge in [0.05, 0.1) is 24.7 Å². The van der Waals surface area contributed by atoms with E-state index in [0.29, 0.717) is 6.54 Å². The summed E-state index contributed by atoms with van der Waals surface area (Å²) in [6, 6.07) is 0.162. The number of rotatable bonds is 4. The first-order valence-electron chi connectivity index (χ1n) is 7.77. The normalized spacial score (nSPS) is 38.2. The SMILES string of the molecule is CC[C@H](C)N1C[C@@]23C=C[C@@H](O2)[C@@H](C(=O)OC(C)C)[C@H]3C1=O. The van der Waals surface area contributed by atoms with E-state index in [1.807, 2.05) is 37.8 Å². The molecule has 0 aliphatic carbocycles. The van der Waals surface area contributed by atoms with Gasteiger partial charge in [0.25, 0.3) is 0 Å². The van der Waals surface area contributed by atoms with Crippen LogP contribution >= 0.6 is 0 Å². The Bertz CT molecular complexity index is 501. The molecule has 5 heteroatoms. The van der Waals surface area contributed by atoms with Crippen molar-refractivity contribution < 1.29 is 19.1 Å². The highest BCUT2D eigenvalue weighted by Crippen LogP contribution is 2.52. The number of nitrogens with zero attached hydrogens (tertiary/aromatic N) is 1. The minimum absolute atomic E-state index is 0.0295. The molecule has 0 saturated carbocycles. The van der Waals surface area contributed by atoms with Crippen molar-refractivity contribution in [1.29, 1.82) is 0 Å². The van der Waals surface area contributed by atoms with Crippen molar-refractivity contribution in [1.82, 2.24) is 4.90 Å². The highest BCUT2D eigenvalue weighted by molar-refractivity contribution is 5.91. The number of fused-ring (bicyclic) bond motifs is 1.